The first kappa shape index (κ1) is 12.1. The number of benzene rings is 1. The number of para-hydroxylation sites is 1. The van der Waals surface area contributed by atoms with Gasteiger partial charge in [-0.15, -0.1) is 0 Å². The smallest absolute Gasteiger partial charge is 0.122 e. The molecule has 2 nitrogen and oxygen atoms in total. The van der Waals surface area contributed by atoms with Gasteiger partial charge in [-0.1, -0.05) is 18.2 Å². The fourth-order valence-corrected chi connectivity index (χ4v) is 2.88. The van der Waals surface area contributed by atoms with Gasteiger partial charge in [0.05, 0.1) is 7.11 Å². The van der Waals surface area contributed by atoms with Crippen molar-refractivity contribution in [2.24, 2.45) is 5.73 Å². The summed E-state index contributed by atoms with van der Waals surface area (Å²) in [6.45, 7) is 2.11. The lowest BCUT2D eigenvalue weighted by atomic mass is 9.99. The summed E-state index contributed by atoms with van der Waals surface area (Å²) in [7, 11) is 1.69. The minimum absolute atomic E-state index is 0.0394. The van der Waals surface area contributed by atoms with Crippen LogP contribution in [0.5, 0.6) is 5.75 Å². The van der Waals surface area contributed by atoms with Crippen molar-refractivity contribution in [3.05, 3.63) is 51.7 Å². The molecule has 0 spiro atoms. The van der Waals surface area contributed by atoms with E-state index in [0.29, 0.717) is 0 Å². The van der Waals surface area contributed by atoms with Gasteiger partial charge in [-0.05, 0) is 46.9 Å². The van der Waals surface area contributed by atoms with Crippen LogP contribution in [0, 0.1) is 6.92 Å². The average molecular weight is 247 g/mol. The first-order valence-corrected chi connectivity index (χ1v) is 6.57. The van der Waals surface area contributed by atoms with Gasteiger partial charge in [-0.3, -0.25) is 0 Å². The van der Waals surface area contributed by atoms with Crippen LogP contribution in [0.3, 0.4) is 0 Å². The summed E-state index contributed by atoms with van der Waals surface area (Å²) < 4.78 is 5.34. The molecule has 1 unspecified atom stereocenters. The normalized spacial score (nSPS) is 12.4. The largest absolute Gasteiger partial charge is 0.496 e. The number of nitrogens with two attached hydrogens (primary N) is 1. The topological polar surface area (TPSA) is 35.2 Å². The van der Waals surface area contributed by atoms with E-state index in [0.717, 1.165) is 17.7 Å². The summed E-state index contributed by atoms with van der Waals surface area (Å²) in [5, 5.41) is 4.27. The van der Waals surface area contributed by atoms with Crippen LogP contribution in [-0.2, 0) is 6.42 Å². The molecule has 2 rings (SSSR count). The maximum Gasteiger partial charge on any atom is 0.122 e. The second-order valence-corrected chi connectivity index (χ2v) is 4.88. The zero-order valence-corrected chi connectivity index (χ0v) is 11.0. The summed E-state index contributed by atoms with van der Waals surface area (Å²) >= 11 is 1.70. The molecule has 0 amide bonds. The van der Waals surface area contributed by atoms with Gasteiger partial charge >= 0.3 is 0 Å². The second kappa shape index (κ2) is 5.34. The standard InChI is InChI=1S/C14H17NOS/c1-10-8-17-9-12(10)13(15)7-11-5-3-4-6-14(11)16-2/h3-6,8-9,13H,7,15H2,1-2H3. The van der Waals surface area contributed by atoms with Crippen LogP contribution in [0.25, 0.3) is 0 Å². The molecular formula is C14H17NOS. The van der Waals surface area contributed by atoms with Gasteiger partial charge in [-0.2, -0.15) is 11.3 Å². The molecule has 2 aromatic rings. The maximum absolute atomic E-state index is 6.25. The number of methoxy groups -OCH3 is 1. The van der Waals surface area contributed by atoms with Crippen molar-refractivity contribution < 1.29 is 4.74 Å². The fourth-order valence-electron chi connectivity index (χ4n) is 1.97. The zero-order chi connectivity index (χ0) is 12.3. The Labute approximate surface area is 106 Å². The molecule has 3 heteroatoms. The summed E-state index contributed by atoms with van der Waals surface area (Å²) in [5.74, 6) is 0.913. The average Bonchev–Trinajstić information content (AvgIpc) is 2.76. The molecule has 0 bridgehead atoms. The Morgan fingerprint density at radius 1 is 1.29 bits per heavy atom. The van der Waals surface area contributed by atoms with Crippen molar-refractivity contribution in [3.8, 4) is 5.75 Å². The molecule has 0 saturated carbocycles. The highest BCUT2D eigenvalue weighted by Crippen LogP contribution is 2.26. The van der Waals surface area contributed by atoms with Crippen molar-refractivity contribution in [2.75, 3.05) is 7.11 Å². The molecule has 0 saturated heterocycles. The van der Waals surface area contributed by atoms with Gasteiger partial charge in [0, 0.05) is 6.04 Å². The number of aryl methyl sites for hydroxylation is 1. The predicted molar refractivity (Wildman–Crippen MR) is 72.7 cm³/mol. The SMILES string of the molecule is COc1ccccc1CC(N)c1cscc1C. The monoisotopic (exact) mass is 247 g/mol. The third-order valence-electron chi connectivity index (χ3n) is 2.93. The van der Waals surface area contributed by atoms with E-state index in [1.165, 1.54) is 11.1 Å². The molecule has 2 N–H and O–H groups in total. The molecule has 0 aliphatic carbocycles. The summed E-state index contributed by atoms with van der Waals surface area (Å²) in [6.07, 6.45) is 0.807. The van der Waals surface area contributed by atoms with Crippen molar-refractivity contribution in [2.45, 2.75) is 19.4 Å². The van der Waals surface area contributed by atoms with Crippen LogP contribution in [0.1, 0.15) is 22.7 Å². The van der Waals surface area contributed by atoms with Gasteiger partial charge in [-0.25, -0.2) is 0 Å². The number of hydrogen-bond donors (Lipinski definition) is 1. The van der Waals surface area contributed by atoms with E-state index in [1.807, 2.05) is 18.2 Å². The second-order valence-electron chi connectivity index (χ2n) is 4.13. The van der Waals surface area contributed by atoms with Crippen molar-refractivity contribution in [3.63, 3.8) is 0 Å². The minimum atomic E-state index is 0.0394. The Balaban J connectivity index is 2.18. The predicted octanol–water partition coefficient (Wildman–Crippen LogP) is 3.31. The van der Waals surface area contributed by atoms with E-state index in [2.05, 4.69) is 23.8 Å². The highest BCUT2D eigenvalue weighted by atomic mass is 32.1. The number of thiophene rings is 1. The van der Waals surface area contributed by atoms with Crippen molar-refractivity contribution >= 4 is 11.3 Å². The molecule has 0 radical (unpaired) electrons. The molecule has 0 aliphatic heterocycles. The highest BCUT2D eigenvalue weighted by Gasteiger charge is 2.12. The van der Waals surface area contributed by atoms with Crippen LogP contribution in [0.4, 0.5) is 0 Å². The van der Waals surface area contributed by atoms with E-state index in [9.17, 15) is 0 Å². The molecule has 1 atom stereocenters. The van der Waals surface area contributed by atoms with E-state index < -0.39 is 0 Å². The summed E-state index contributed by atoms with van der Waals surface area (Å²) in [4.78, 5) is 0. The highest BCUT2D eigenvalue weighted by molar-refractivity contribution is 7.08. The quantitative estimate of drug-likeness (QED) is 0.899. The first-order chi connectivity index (χ1) is 8.22. The Morgan fingerprint density at radius 2 is 2.06 bits per heavy atom. The van der Waals surface area contributed by atoms with Crippen LogP contribution < -0.4 is 10.5 Å². The van der Waals surface area contributed by atoms with E-state index in [1.54, 1.807) is 18.4 Å². The Kier molecular flexibility index (Phi) is 3.82. The number of rotatable bonds is 4. The van der Waals surface area contributed by atoms with Gasteiger partial charge in [0.1, 0.15) is 5.75 Å². The fraction of sp³-hybridized carbons (Fsp3) is 0.286. The zero-order valence-electron chi connectivity index (χ0n) is 10.1. The third-order valence-corrected chi connectivity index (χ3v) is 3.81. The van der Waals surface area contributed by atoms with Crippen molar-refractivity contribution in [1.29, 1.82) is 0 Å². The Hall–Kier alpha value is -1.32. The van der Waals surface area contributed by atoms with Gasteiger partial charge in [0.2, 0.25) is 0 Å². The first-order valence-electron chi connectivity index (χ1n) is 5.62. The lowest BCUT2D eigenvalue weighted by Gasteiger charge is -2.14. The number of ether oxygens (including phenoxy) is 1. The molecular weight excluding hydrogens is 230 g/mol. The summed E-state index contributed by atoms with van der Waals surface area (Å²) in [5.41, 5.74) is 9.92. The molecule has 1 aromatic heterocycles. The third kappa shape index (κ3) is 2.68. The van der Waals surface area contributed by atoms with Crippen molar-refractivity contribution in [1.82, 2.24) is 0 Å². The van der Waals surface area contributed by atoms with Crippen LogP contribution in [0.2, 0.25) is 0 Å². The van der Waals surface area contributed by atoms with E-state index >= 15 is 0 Å². The van der Waals surface area contributed by atoms with Crippen LogP contribution in [0.15, 0.2) is 35.0 Å². The minimum Gasteiger partial charge on any atom is -0.496 e. The maximum atomic E-state index is 6.25. The van der Waals surface area contributed by atoms with Gasteiger partial charge < -0.3 is 10.5 Å². The van der Waals surface area contributed by atoms with Crippen LogP contribution >= 0.6 is 11.3 Å². The molecule has 1 heterocycles. The Morgan fingerprint density at radius 3 is 2.71 bits per heavy atom. The Bertz CT molecular complexity index is 492. The van der Waals surface area contributed by atoms with Gasteiger partial charge in [0.25, 0.3) is 0 Å². The summed E-state index contributed by atoms with van der Waals surface area (Å²) in [6, 6.07) is 8.08. The van der Waals surface area contributed by atoms with Crippen LogP contribution in [-0.4, -0.2) is 7.11 Å². The molecule has 0 fully saturated rings. The lowest BCUT2D eigenvalue weighted by molar-refractivity contribution is 0.408. The van der Waals surface area contributed by atoms with E-state index in [4.69, 9.17) is 10.5 Å². The molecule has 90 valence electrons. The molecule has 0 aliphatic rings. The number of hydrogen-bond acceptors (Lipinski definition) is 3. The van der Waals surface area contributed by atoms with Gasteiger partial charge in [0.15, 0.2) is 0 Å². The van der Waals surface area contributed by atoms with E-state index in [-0.39, 0.29) is 6.04 Å². The lowest BCUT2D eigenvalue weighted by Crippen LogP contribution is -2.14. The molecule has 17 heavy (non-hydrogen) atoms. The molecule has 1 aromatic carbocycles.